The van der Waals surface area contributed by atoms with Crippen LogP contribution in [-0.2, 0) is 9.53 Å². The van der Waals surface area contributed by atoms with Crippen molar-refractivity contribution in [2.24, 2.45) is 0 Å². The molecule has 206 valence electrons. The molecule has 0 bridgehead atoms. The molecule has 1 aliphatic heterocycles. The average molecular weight is 534 g/mol. The number of methoxy groups -OCH3 is 3. The maximum absolute atomic E-state index is 13.3. The van der Waals surface area contributed by atoms with Crippen LogP contribution in [0.2, 0.25) is 0 Å². The Labute approximate surface area is 229 Å². The van der Waals surface area contributed by atoms with Crippen LogP contribution in [0.4, 0.5) is 5.69 Å². The van der Waals surface area contributed by atoms with E-state index in [1.807, 2.05) is 53.4 Å². The van der Waals surface area contributed by atoms with E-state index < -0.39 is 0 Å². The van der Waals surface area contributed by atoms with Crippen LogP contribution in [0.1, 0.15) is 29.8 Å². The molecule has 0 saturated carbocycles. The van der Waals surface area contributed by atoms with Crippen molar-refractivity contribution in [2.75, 3.05) is 59.0 Å². The minimum atomic E-state index is -0.198. The zero-order valence-corrected chi connectivity index (χ0v) is 22.7. The van der Waals surface area contributed by atoms with Gasteiger partial charge in [0.25, 0.3) is 5.91 Å². The first-order chi connectivity index (χ1) is 19.0. The van der Waals surface area contributed by atoms with Crippen molar-refractivity contribution < 1.29 is 28.5 Å². The highest BCUT2D eigenvalue weighted by Gasteiger charge is 2.24. The van der Waals surface area contributed by atoms with Crippen LogP contribution in [-0.4, -0.2) is 75.9 Å². The summed E-state index contributed by atoms with van der Waals surface area (Å²) < 4.78 is 21.3. The number of benzene rings is 2. The van der Waals surface area contributed by atoms with Gasteiger partial charge in [-0.15, -0.1) is 0 Å². The number of piperazine rings is 1. The van der Waals surface area contributed by atoms with Gasteiger partial charge in [-0.1, -0.05) is 12.1 Å². The van der Waals surface area contributed by atoms with E-state index in [-0.39, 0.29) is 11.9 Å². The predicted octanol–water partition coefficient (Wildman–Crippen LogP) is 4.45. The highest BCUT2D eigenvalue weighted by Crippen LogP contribution is 2.31. The van der Waals surface area contributed by atoms with Crippen LogP contribution in [0, 0.1) is 0 Å². The van der Waals surface area contributed by atoms with Crippen LogP contribution < -0.4 is 19.1 Å². The van der Waals surface area contributed by atoms with Gasteiger partial charge in [-0.2, -0.15) is 0 Å². The number of unbranched alkanes of at least 4 members (excludes halogenated alkanes) is 1. The summed E-state index contributed by atoms with van der Waals surface area (Å²) in [5.41, 5.74) is 3.02. The number of rotatable bonds is 11. The number of anilines is 1. The summed E-state index contributed by atoms with van der Waals surface area (Å²) >= 11 is 0. The molecule has 9 nitrogen and oxygen atoms in total. The predicted molar refractivity (Wildman–Crippen MR) is 149 cm³/mol. The number of esters is 1. The lowest BCUT2D eigenvalue weighted by atomic mass is 10.1. The largest absolute Gasteiger partial charge is 0.494 e. The quantitative estimate of drug-likeness (QED) is 0.264. The van der Waals surface area contributed by atoms with Crippen LogP contribution in [0.15, 0.2) is 60.7 Å². The smallest absolute Gasteiger partial charge is 0.305 e. The number of aromatic nitrogens is 1. The highest BCUT2D eigenvalue weighted by atomic mass is 16.5. The number of carbonyl (C=O) groups is 2. The molecule has 0 N–H and O–H groups in total. The number of pyridine rings is 1. The third-order valence-electron chi connectivity index (χ3n) is 6.67. The lowest BCUT2D eigenvalue weighted by Gasteiger charge is -2.36. The van der Waals surface area contributed by atoms with Crippen LogP contribution in [0.5, 0.6) is 17.2 Å². The van der Waals surface area contributed by atoms with Gasteiger partial charge >= 0.3 is 5.97 Å². The zero-order valence-electron chi connectivity index (χ0n) is 22.7. The Balaban J connectivity index is 1.33. The Kier molecular flexibility index (Phi) is 9.61. The molecule has 39 heavy (non-hydrogen) atoms. The Morgan fingerprint density at radius 1 is 0.846 bits per heavy atom. The molecule has 1 aliphatic rings. The minimum absolute atomic E-state index is 0.0824. The topological polar surface area (TPSA) is 90.4 Å². The molecule has 1 fully saturated rings. The standard InChI is InChI=1S/C30H35N3O6/c1-36-27-14-13-22(20-28(27)37-2)25-10-7-11-26(31-25)30(35)33-17-15-32(16-18-33)23-8-6-9-24(21-23)39-19-5-4-12-29(34)38-3/h6-11,13-14,20-21H,4-5,12,15-19H2,1-3H3. The van der Waals surface area contributed by atoms with Crippen LogP contribution in [0.25, 0.3) is 11.3 Å². The highest BCUT2D eigenvalue weighted by molar-refractivity contribution is 5.93. The van der Waals surface area contributed by atoms with Gasteiger partial charge in [0.1, 0.15) is 11.4 Å². The van der Waals surface area contributed by atoms with Gasteiger partial charge in [-0.05, 0) is 55.3 Å². The molecule has 2 aromatic carbocycles. The van der Waals surface area contributed by atoms with Crippen molar-refractivity contribution in [1.82, 2.24) is 9.88 Å². The van der Waals surface area contributed by atoms with Gasteiger partial charge in [-0.25, -0.2) is 4.98 Å². The van der Waals surface area contributed by atoms with E-state index in [9.17, 15) is 9.59 Å². The molecule has 0 unspecified atom stereocenters. The maximum Gasteiger partial charge on any atom is 0.305 e. The number of amides is 1. The molecule has 9 heteroatoms. The summed E-state index contributed by atoms with van der Waals surface area (Å²) in [6.45, 7) is 3.16. The maximum atomic E-state index is 13.3. The lowest BCUT2D eigenvalue weighted by Crippen LogP contribution is -2.49. The van der Waals surface area contributed by atoms with E-state index in [0.717, 1.165) is 29.8 Å². The van der Waals surface area contributed by atoms with Crippen molar-refractivity contribution in [2.45, 2.75) is 19.3 Å². The molecular weight excluding hydrogens is 498 g/mol. The van der Waals surface area contributed by atoms with Crippen molar-refractivity contribution in [3.8, 4) is 28.5 Å². The molecule has 0 radical (unpaired) electrons. The Bertz CT molecular complexity index is 1270. The van der Waals surface area contributed by atoms with Gasteiger partial charge in [0.05, 0.1) is 33.6 Å². The molecule has 1 aromatic heterocycles. The van der Waals surface area contributed by atoms with Gasteiger partial charge < -0.3 is 28.7 Å². The van der Waals surface area contributed by atoms with E-state index in [1.165, 1.54) is 7.11 Å². The molecule has 0 atom stereocenters. The number of hydrogen-bond acceptors (Lipinski definition) is 8. The van der Waals surface area contributed by atoms with E-state index in [0.29, 0.717) is 62.1 Å². The summed E-state index contributed by atoms with van der Waals surface area (Å²) in [6.07, 6.45) is 1.91. The van der Waals surface area contributed by atoms with Crippen molar-refractivity contribution >= 4 is 17.6 Å². The summed E-state index contributed by atoms with van der Waals surface area (Å²) in [5.74, 6) is 1.76. The summed E-state index contributed by atoms with van der Waals surface area (Å²) in [6, 6.07) is 19.0. The van der Waals surface area contributed by atoms with E-state index >= 15 is 0 Å². The second-order valence-electron chi connectivity index (χ2n) is 9.14. The van der Waals surface area contributed by atoms with Gasteiger partial charge in [0.15, 0.2) is 11.5 Å². The lowest BCUT2D eigenvalue weighted by molar-refractivity contribution is -0.140. The molecule has 0 aliphatic carbocycles. The fourth-order valence-corrected chi connectivity index (χ4v) is 4.47. The molecule has 4 rings (SSSR count). The molecule has 1 saturated heterocycles. The van der Waals surface area contributed by atoms with Crippen molar-refractivity contribution in [1.29, 1.82) is 0 Å². The third kappa shape index (κ3) is 7.19. The van der Waals surface area contributed by atoms with Gasteiger partial charge in [-0.3, -0.25) is 9.59 Å². The number of ether oxygens (including phenoxy) is 4. The van der Waals surface area contributed by atoms with Crippen LogP contribution in [0.3, 0.4) is 0 Å². The van der Waals surface area contributed by atoms with Crippen molar-refractivity contribution in [3.63, 3.8) is 0 Å². The van der Waals surface area contributed by atoms with E-state index in [2.05, 4.69) is 20.7 Å². The van der Waals surface area contributed by atoms with Crippen molar-refractivity contribution in [3.05, 3.63) is 66.4 Å². The molecule has 3 aromatic rings. The second kappa shape index (κ2) is 13.5. The zero-order chi connectivity index (χ0) is 27.6. The van der Waals surface area contributed by atoms with Gasteiger partial charge in [0, 0.05) is 49.9 Å². The normalized spacial score (nSPS) is 13.1. The summed E-state index contributed by atoms with van der Waals surface area (Å²) in [5, 5.41) is 0. The third-order valence-corrected chi connectivity index (χ3v) is 6.67. The number of hydrogen-bond donors (Lipinski definition) is 0. The Morgan fingerprint density at radius 2 is 1.62 bits per heavy atom. The van der Waals surface area contributed by atoms with Gasteiger partial charge in [0.2, 0.25) is 0 Å². The fraction of sp³-hybridized carbons (Fsp3) is 0.367. The van der Waals surface area contributed by atoms with Crippen LogP contribution >= 0.6 is 0 Å². The molecule has 2 heterocycles. The monoisotopic (exact) mass is 533 g/mol. The molecule has 1 amide bonds. The fourth-order valence-electron chi connectivity index (χ4n) is 4.47. The number of nitrogens with zero attached hydrogens (tertiary/aromatic N) is 3. The van der Waals surface area contributed by atoms with E-state index in [4.69, 9.17) is 14.2 Å². The summed E-state index contributed by atoms with van der Waals surface area (Å²) in [4.78, 5) is 33.3. The number of carbonyl (C=O) groups excluding carboxylic acids is 2. The first-order valence-corrected chi connectivity index (χ1v) is 13.1. The van der Waals surface area contributed by atoms with E-state index in [1.54, 1.807) is 20.3 Å². The first-order valence-electron chi connectivity index (χ1n) is 13.1. The minimum Gasteiger partial charge on any atom is -0.494 e. The SMILES string of the molecule is COC(=O)CCCCOc1cccc(N2CCN(C(=O)c3cccc(-c4ccc(OC)c(OC)c4)n3)CC2)c1. The summed E-state index contributed by atoms with van der Waals surface area (Å²) in [7, 11) is 4.58. The Hall–Kier alpha value is -4.27. The Morgan fingerprint density at radius 3 is 2.36 bits per heavy atom. The first kappa shape index (κ1) is 27.8. The average Bonchev–Trinajstić information content (AvgIpc) is 3.00. The molecular formula is C30H35N3O6. The second-order valence-corrected chi connectivity index (χ2v) is 9.14. The molecule has 0 spiro atoms.